The molecule has 6 heteroatoms. The van der Waals surface area contributed by atoms with Gasteiger partial charge in [0.2, 0.25) is 10.0 Å². The van der Waals surface area contributed by atoms with E-state index in [2.05, 4.69) is 4.72 Å². The minimum absolute atomic E-state index is 0.398. The van der Waals surface area contributed by atoms with Gasteiger partial charge in [0, 0.05) is 11.8 Å². The lowest BCUT2D eigenvalue weighted by Gasteiger charge is -2.03. The number of hydrogen-bond donors (Lipinski definition) is 2. The van der Waals surface area contributed by atoms with Gasteiger partial charge in [0.05, 0.1) is 6.26 Å². The zero-order valence-corrected chi connectivity index (χ0v) is 9.36. The van der Waals surface area contributed by atoms with Crippen molar-refractivity contribution in [3.05, 3.63) is 35.9 Å². The summed E-state index contributed by atoms with van der Waals surface area (Å²) in [5.41, 5.74) is 1.01. The molecule has 0 unspecified atom stereocenters. The lowest BCUT2D eigenvalue weighted by molar-refractivity contribution is -0.131. The molecule has 0 bridgehead atoms. The highest BCUT2D eigenvalue weighted by molar-refractivity contribution is 7.92. The van der Waals surface area contributed by atoms with Gasteiger partial charge in [-0.1, -0.05) is 12.1 Å². The summed E-state index contributed by atoms with van der Waals surface area (Å²) in [6.45, 7) is 0. The maximum absolute atomic E-state index is 11.0. The van der Waals surface area contributed by atoms with Crippen molar-refractivity contribution in [2.45, 2.75) is 0 Å². The third-order valence-corrected chi connectivity index (χ3v) is 2.21. The molecule has 0 amide bonds. The van der Waals surface area contributed by atoms with Crippen LogP contribution in [0.3, 0.4) is 0 Å². The van der Waals surface area contributed by atoms with Gasteiger partial charge >= 0.3 is 5.97 Å². The fourth-order valence-electron chi connectivity index (χ4n) is 1.09. The normalized spacial score (nSPS) is 11.6. The van der Waals surface area contributed by atoms with Crippen LogP contribution in [0.15, 0.2) is 30.3 Å². The predicted molar refractivity (Wildman–Crippen MR) is 61.6 cm³/mol. The highest BCUT2D eigenvalue weighted by Crippen LogP contribution is 2.12. The smallest absolute Gasteiger partial charge is 0.328 e. The van der Waals surface area contributed by atoms with Gasteiger partial charge in [0.25, 0.3) is 0 Å². The van der Waals surface area contributed by atoms with Gasteiger partial charge in [0.15, 0.2) is 0 Å². The molecule has 0 aliphatic heterocycles. The van der Waals surface area contributed by atoms with E-state index in [-0.39, 0.29) is 0 Å². The van der Waals surface area contributed by atoms with Gasteiger partial charge in [-0.15, -0.1) is 0 Å². The Morgan fingerprint density at radius 1 is 1.44 bits per heavy atom. The van der Waals surface area contributed by atoms with E-state index in [1.807, 2.05) is 0 Å². The predicted octanol–water partition coefficient (Wildman–Crippen LogP) is 1.16. The number of carboxylic acids is 1. The first-order valence-electron chi connectivity index (χ1n) is 4.36. The Balaban J connectivity index is 2.91. The minimum atomic E-state index is -3.32. The molecule has 86 valence electrons. The molecule has 16 heavy (non-hydrogen) atoms. The second kappa shape index (κ2) is 4.80. The van der Waals surface area contributed by atoms with Crippen molar-refractivity contribution in [3.8, 4) is 0 Å². The number of carboxylic acid groups (broad SMARTS) is 1. The van der Waals surface area contributed by atoms with Gasteiger partial charge in [-0.25, -0.2) is 13.2 Å². The van der Waals surface area contributed by atoms with Crippen molar-refractivity contribution in [2.75, 3.05) is 11.0 Å². The first-order chi connectivity index (χ1) is 7.37. The Bertz CT molecular complexity index is 519. The van der Waals surface area contributed by atoms with Gasteiger partial charge in [-0.05, 0) is 23.8 Å². The van der Waals surface area contributed by atoms with Crippen molar-refractivity contribution >= 4 is 27.8 Å². The number of sulfonamides is 1. The lowest BCUT2D eigenvalue weighted by Crippen LogP contribution is -2.09. The molecule has 5 nitrogen and oxygen atoms in total. The molecule has 0 heterocycles. The minimum Gasteiger partial charge on any atom is -0.478 e. The summed E-state index contributed by atoms with van der Waals surface area (Å²) in [6.07, 6.45) is 3.42. The summed E-state index contributed by atoms with van der Waals surface area (Å²) in [6, 6.07) is 6.43. The lowest BCUT2D eigenvalue weighted by atomic mass is 10.2. The Labute approximate surface area is 93.5 Å². The molecule has 0 aliphatic carbocycles. The third-order valence-electron chi connectivity index (χ3n) is 1.61. The number of rotatable bonds is 4. The number of hydrogen-bond acceptors (Lipinski definition) is 3. The molecule has 0 saturated carbocycles. The van der Waals surface area contributed by atoms with E-state index in [0.717, 1.165) is 12.3 Å². The highest BCUT2D eigenvalue weighted by atomic mass is 32.2. The largest absolute Gasteiger partial charge is 0.478 e. The molecule has 0 spiro atoms. The molecule has 0 aliphatic rings. The van der Waals surface area contributed by atoms with Gasteiger partial charge in [0.1, 0.15) is 0 Å². The van der Waals surface area contributed by atoms with E-state index in [1.165, 1.54) is 6.08 Å². The molecule has 0 radical (unpaired) electrons. The van der Waals surface area contributed by atoms with Gasteiger partial charge < -0.3 is 5.11 Å². The topological polar surface area (TPSA) is 83.5 Å². The van der Waals surface area contributed by atoms with Crippen LogP contribution in [0, 0.1) is 0 Å². The molecule has 1 rings (SSSR count). The molecule has 1 aromatic rings. The summed E-state index contributed by atoms with van der Waals surface area (Å²) in [5, 5.41) is 8.43. The van der Waals surface area contributed by atoms with Crippen LogP contribution in [-0.2, 0) is 14.8 Å². The van der Waals surface area contributed by atoms with E-state index >= 15 is 0 Å². The fraction of sp³-hybridized carbons (Fsp3) is 0.100. The van der Waals surface area contributed by atoms with Crippen molar-refractivity contribution in [3.63, 3.8) is 0 Å². The summed E-state index contributed by atoms with van der Waals surface area (Å²) in [5.74, 6) is -1.05. The highest BCUT2D eigenvalue weighted by Gasteiger charge is 2.01. The van der Waals surface area contributed by atoms with Gasteiger partial charge in [-0.2, -0.15) is 0 Å². The van der Waals surface area contributed by atoms with Crippen LogP contribution in [0.5, 0.6) is 0 Å². The molecular formula is C10H11NO4S. The second-order valence-corrected chi connectivity index (χ2v) is 4.92. The average Bonchev–Trinajstić information content (AvgIpc) is 2.12. The Morgan fingerprint density at radius 3 is 2.69 bits per heavy atom. The first-order valence-corrected chi connectivity index (χ1v) is 6.25. The summed E-state index contributed by atoms with van der Waals surface area (Å²) in [4.78, 5) is 10.3. The molecular weight excluding hydrogens is 230 g/mol. The molecule has 0 fully saturated rings. The quantitative estimate of drug-likeness (QED) is 0.775. The van der Waals surface area contributed by atoms with E-state index in [1.54, 1.807) is 24.3 Å². The van der Waals surface area contributed by atoms with Crippen LogP contribution >= 0.6 is 0 Å². The van der Waals surface area contributed by atoms with Crippen molar-refractivity contribution in [1.29, 1.82) is 0 Å². The van der Waals surface area contributed by atoms with Crippen molar-refractivity contribution < 1.29 is 18.3 Å². The zero-order chi connectivity index (χ0) is 12.2. The van der Waals surface area contributed by atoms with Crippen LogP contribution in [0.1, 0.15) is 5.56 Å². The standard InChI is InChI=1S/C10H11NO4S/c1-16(14,15)11-9-4-2-3-8(7-9)5-6-10(12)13/h2-7,11H,1H3,(H,12,13)/b6-5+. The molecule has 0 aromatic heterocycles. The number of anilines is 1. The van der Waals surface area contributed by atoms with Crippen molar-refractivity contribution in [2.24, 2.45) is 0 Å². The van der Waals surface area contributed by atoms with E-state index in [4.69, 9.17) is 5.11 Å². The number of benzene rings is 1. The Kier molecular flexibility index (Phi) is 3.68. The molecule has 0 saturated heterocycles. The molecule has 2 N–H and O–H groups in total. The zero-order valence-electron chi connectivity index (χ0n) is 8.54. The monoisotopic (exact) mass is 241 g/mol. The molecule has 0 atom stereocenters. The van der Waals surface area contributed by atoms with Crippen LogP contribution in [-0.4, -0.2) is 25.7 Å². The van der Waals surface area contributed by atoms with Crippen molar-refractivity contribution in [1.82, 2.24) is 0 Å². The van der Waals surface area contributed by atoms with Crippen LogP contribution in [0.25, 0.3) is 6.08 Å². The van der Waals surface area contributed by atoms with Crippen LogP contribution in [0.4, 0.5) is 5.69 Å². The van der Waals surface area contributed by atoms with Crippen LogP contribution in [0.2, 0.25) is 0 Å². The summed E-state index contributed by atoms with van der Waals surface area (Å²) >= 11 is 0. The number of carbonyl (C=O) groups is 1. The van der Waals surface area contributed by atoms with Crippen LogP contribution < -0.4 is 4.72 Å². The SMILES string of the molecule is CS(=O)(=O)Nc1cccc(/C=C/C(=O)O)c1. The maximum Gasteiger partial charge on any atom is 0.328 e. The second-order valence-electron chi connectivity index (χ2n) is 3.17. The Hall–Kier alpha value is -1.82. The number of nitrogens with one attached hydrogen (secondary N) is 1. The average molecular weight is 241 g/mol. The maximum atomic E-state index is 11.0. The summed E-state index contributed by atoms with van der Waals surface area (Å²) < 4.78 is 24.2. The summed E-state index contributed by atoms with van der Waals surface area (Å²) in [7, 11) is -3.32. The third kappa shape index (κ3) is 4.61. The fourth-order valence-corrected chi connectivity index (χ4v) is 1.64. The Morgan fingerprint density at radius 2 is 2.12 bits per heavy atom. The van der Waals surface area contributed by atoms with E-state index in [9.17, 15) is 13.2 Å². The first kappa shape index (κ1) is 12.3. The molecule has 1 aromatic carbocycles. The van der Waals surface area contributed by atoms with E-state index < -0.39 is 16.0 Å². The van der Waals surface area contributed by atoms with Gasteiger partial charge in [-0.3, -0.25) is 4.72 Å². The number of aliphatic carboxylic acids is 1. The van der Waals surface area contributed by atoms with E-state index in [0.29, 0.717) is 11.3 Å².